The van der Waals surface area contributed by atoms with Crippen molar-refractivity contribution in [3.8, 4) is 5.75 Å². The summed E-state index contributed by atoms with van der Waals surface area (Å²) >= 11 is 5.70. The standard InChI is InChI=1S/C14H18ClNO4/c1-8(2)6-11(14(19)20-3)16-13(18)10-5-4-9(15)7-12(10)17/h4-5,7-8,11,17H,6H2,1-3H3,(H,16,18). The number of carbonyl (C=O) groups is 2. The molecule has 1 unspecified atom stereocenters. The summed E-state index contributed by atoms with van der Waals surface area (Å²) in [5.74, 6) is -1.09. The molecule has 0 spiro atoms. The van der Waals surface area contributed by atoms with Gasteiger partial charge in [0.05, 0.1) is 12.7 Å². The maximum absolute atomic E-state index is 12.1. The van der Waals surface area contributed by atoms with E-state index in [9.17, 15) is 14.7 Å². The van der Waals surface area contributed by atoms with Crippen LogP contribution in [0.2, 0.25) is 5.02 Å². The third kappa shape index (κ3) is 4.42. The van der Waals surface area contributed by atoms with E-state index in [0.29, 0.717) is 11.4 Å². The number of esters is 1. The topological polar surface area (TPSA) is 75.6 Å². The lowest BCUT2D eigenvalue weighted by molar-refractivity contribution is -0.143. The Morgan fingerprint density at radius 2 is 2.05 bits per heavy atom. The van der Waals surface area contributed by atoms with E-state index in [4.69, 9.17) is 11.6 Å². The molecule has 20 heavy (non-hydrogen) atoms. The summed E-state index contributed by atoms with van der Waals surface area (Å²) in [7, 11) is 1.27. The van der Waals surface area contributed by atoms with Crippen molar-refractivity contribution in [3.63, 3.8) is 0 Å². The first-order valence-electron chi connectivity index (χ1n) is 6.22. The van der Waals surface area contributed by atoms with E-state index in [-0.39, 0.29) is 17.2 Å². The van der Waals surface area contributed by atoms with Gasteiger partial charge in [0.25, 0.3) is 5.91 Å². The molecule has 0 aliphatic heterocycles. The Morgan fingerprint density at radius 1 is 1.40 bits per heavy atom. The maximum Gasteiger partial charge on any atom is 0.328 e. The summed E-state index contributed by atoms with van der Waals surface area (Å²) in [5, 5.41) is 12.6. The molecule has 1 atom stereocenters. The molecule has 0 heterocycles. The van der Waals surface area contributed by atoms with E-state index in [2.05, 4.69) is 10.1 Å². The fourth-order valence-corrected chi connectivity index (χ4v) is 1.93. The van der Waals surface area contributed by atoms with Gasteiger partial charge in [-0.15, -0.1) is 0 Å². The van der Waals surface area contributed by atoms with Crippen LogP contribution in [0.5, 0.6) is 5.75 Å². The van der Waals surface area contributed by atoms with E-state index in [0.717, 1.165) is 0 Å². The molecule has 0 aromatic heterocycles. The van der Waals surface area contributed by atoms with Gasteiger partial charge in [-0.05, 0) is 30.5 Å². The fourth-order valence-electron chi connectivity index (χ4n) is 1.76. The van der Waals surface area contributed by atoms with Crippen molar-refractivity contribution in [1.29, 1.82) is 0 Å². The van der Waals surface area contributed by atoms with Crippen LogP contribution < -0.4 is 5.32 Å². The highest BCUT2D eigenvalue weighted by Gasteiger charge is 2.24. The van der Waals surface area contributed by atoms with Crippen LogP contribution in [0, 0.1) is 5.92 Å². The van der Waals surface area contributed by atoms with Crippen LogP contribution >= 0.6 is 11.6 Å². The van der Waals surface area contributed by atoms with Gasteiger partial charge < -0.3 is 15.2 Å². The second-order valence-corrected chi connectivity index (χ2v) is 5.28. The first-order chi connectivity index (χ1) is 9.35. The van der Waals surface area contributed by atoms with Gasteiger partial charge in [-0.25, -0.2) is 4.79 Å². The predicted octanol–water partition coefficient (Wildman–Crippen LogP) is 2.36. The Kier molecular flexibility index (Phi) is 5.82. The largest absolute Gasteiger partial charge is 0.507 e. The molecule has 110 valence electrons. The Labute approximate surface area is 122 Å². The zero-order valence-electron chi connectivity index (χ0n) is 11.6. The third-order valence-corrected chi connectivity index (χ3v) is 2.94. The van der Waals surface area contributed by atoms with E-state index in [1.165, 1.54) is 25.3 Å². The number of methoxy groups -OCH3 is 1. The number of phenolic OH excluding ortho intramolecular Hbond substituents is 1. The summed E-state index contributed by atoms with van der Waals surface area (Å²) in [6.07, 6.45) is 0.451. The highest BCUT2D eigenvalue weighted by atomic mass is 35.5. The number of benzene rings is 1. The molecule has 0 aliphatic rings. The second kappa shape index (κ2) is 7.14. The van der Waals surface area contributed by atoms with Crippen LogP contribution in [0.1, 0.15) is 30.6 Å². The molecule has 2 N–H and O–H groups in total. The molecule has 0 aliphatic carbocycles. The van der Waals surface area contributed by atoms with E-state index in [1.807, 2.05) is 13.8 Å². The number of rotatable bonds is 5. The summed E-state index contributed by atoms with van der Waals surface area (Å²) in [6.45, 7) is 3.86. The van der Waals surface area contributed by atoms with E-state index < -0.39 is 17.9 Å². The first-order valence-corrected chi connectivity index (χ1v) is 6.60. The summed E-state index contributed by atoms with van der Waals surface area (Å²) in [5.41, 5.74) is 0.0621. The average molecular weight is 300 g/mol. The highest BCUT2D eigenvalue weighted by Crippen LogP contribution is 2.22. The van der Waals surface area contributed by atoms with Crippen LogP contribution in [0.25, 0.3) is 0 Å². The second-order valence-electron chi connectivity index (χ2n) is 4.84. The van der Waals surface area contributed by atoms with Crippen LogP contribution in [-0.2, 0) is 9.53 Å². The summed E-state index contributed by atoms with van der Waals surface area (Å²) < 4.78 is 4.66. The molecule has 0 fully saturated rings. The van der Waals surface area contributed by atoms with Crippen molar-refractivity contribution in [2.45, 2.75) is 26.3 Å². The molecule has 0 bridgehead atoms. The van der Waals surface area contributed by atoms with Crippen LogP contribution in [0.3, 0.4) is 0 Å². The van der Waals surface area contributed by atoms with Gasteiger partial charge in [0.1, 0.15) is 11.8 Å². The Bertz CT molecular complexity index is 502. The van der Waals surface area contributed by atoms with Gasteiger partial charge >= 0.3 is 5.97 Å². The normalized spacial score (nSPS) is 12.1. The number of hydrogen-bond donors (Lipinski definition) is 2. The minimum absolute atomic E-state index is 0.0621. The molecule has 0 radical (unpaired) electrons. The molecular formula is C14H18ClNO4. The van der Waals surface area contributed by atoms with E-state index in [1.54, 1.807) is 0 Å². The molecule has 1 amide bonds. The van der Waals surface area contributed by atoms with Gasteiger partial charge in [0.15, 0.2) is 0 Å². The minimum Gasteiger partial charge on any atom is -0.507 e. The lowest BCUT2D eigenvalue weighted by Gasteiger charge is -2.18. The number of ether oxygens (including phenoxy) is 1. The monoisotopic (exact) mass is 299 g/mol. The zero-order valence-corrected chi connectivity index (χ0v) is 12.4. The SMILES string of the molecule is COC(=O)C(CC(C)C)NC(=O)c1ccc(Cl)cc1O. The van der Waals surface area contributed by atoms with Crippen molar-refractivity contribution >= 4 is 23.5 Å². The van der Waals surface area contributed by atoms with Gasteiger partial charge in [0.2, 0.25) is 0 Å². The van der Waals surface area contributed by atoms with Crippen LogP contribution in [-0.4, -0.2) is 30.1 Å². The van der Waals surface area contributed by atoms with Crippen molar-refractivity contribution in [2.75, 3.05) is 7.11 Å². The van der Waals surface area contributed by atoms with Crippen molar-refractivity contribution in [2.24, 2.45) is 5.92 Å². The molecular weight excluding hydrogens is 282 g/mol. The van der Waals surface area contributed by atoms with Gasteiger partial charge in [-0.1, -0.05) is 25.4 Å². The Morgan fingerprint density at radius 3 is 2.55 bits per heavy atom. The minimum atomic E-state index is -0.748. The smallest absolute Gasteiger partial charge is 0.328 e. The summed E-state index contributed by atoms with van der Waals surface area (Å²) in [6, 6.07) is 3.41. The number of aromatic hydroxyl groups is 1. The Balaban J connectivity index is 2.87. The average Bonchev–Trinajstić information content (AvgIpc) is 2.36. The van der Waals surface area contributed by atoms with Crippen LogP contribution in [0.4, 0.5) is 0 Å². The zero-order chi connectivity index (χ0) is 15.3. The number of carbonyl (C=O) groups excluding carboxylic acids is 2. The quantitative estimate of drug-likeness (QED) is 0.818. The first kappa shape index (κ1) is 16.3. The van der Waals surface area contributed by atoms with Gasteiger partial charge in [-0.3, -0.25) is 4.79 Å². The van der Waals surface area contributed by atoms with Crippen LogP contribution in [0.15, 0.2) is 18.2 Å². The Hall–Kier alpha value is -1.75. The number of halogens is 1. The van der Waals surface area contributed by atoms with Crippen molar-refractivity contribution in [3.05, 3.63) is 28.8 Å². The molecule has 1 aromatic carbocycles. The third-order valence-electron chi connectivity index (χ3n) is 2.70. The molecule has 1 aromatic rings. The molecule has 5 nitrogen and oxygen atoms in total. The van der Waals surface area contributed by atoms with Crippen molar-refractivity contribution < 1.29 is 19.4 Å². The lowest BCUT2D eigenvalue weighted by Crippen LogP contribution is -2.42. The van der Waals surface area contributed by atoms with Gasteiger partial charge in [0, 0.05) is 5.02 Å². The fraction of sp³-hybridized carbons (Fsp3) is 0.429. The number of hydrogen-bond acceptors (Lipinski definition) is 4. The maximum atomic E-state index is 12.1. The number of nitrogens with one attached hydrogen (secondary N) is 1. The predicted molar refractivity (Wildman–Crippen MR) is 75.8 cm³/mol. The van der Waals surface area contributed by atoms with E-state index >= 15 is 0 Å². The number of phenols is 1. The molecule has 1 rings (SSSR count). The number of amides is 1. The van der Waals surface area contributed by atoms with Crippen molar-refractivity contribution in [1.82, 2.24) is 5.32 Å². The molecule has 0 saturated carbocycles. The molecule has 0 saturated heterocycles. The van der Waals surface area contributed by atoms with Gasteiger partial charge in [-0.2, -0.15) is 0 Å². The summed E-state index contributed by atoms with van der Waals surface area (Å²) in [4.78, 5) is 23.7. The molecule has 6 heteroatoms. The highest BCUT2D eigenvalue weighted by molar-refractivity contribution is 6.30. The lowest BCUT2D eigenvalue weighted by atomic mass is 10.0.